The van der Waals surface area contributed by atoms with E-state index in [1.165, 1.54) is 18.2 Å². The molecule has 25 heavy (non-hydrogen) atoms. The highest BCUT2D eigenvalue weighted by atomic mass is 32.2. The van der Waals surface area contributed by atoms with Gasteiger partial charge in [-0.05, 0) is 67.4 Å². The maximum atomic E-state index is 13.5. The average molecular weight is 360 g/mol. The highest BCUT2D eigenvalue weighted by Crippen LogP contribution is 2.43. The van der Waals surface area contributed by atoms with E-state index in [1.807, 2.05) is 6.07 Å². The zero-order valence-electron chi connectivity index (χ0n) is 14.0. The van der Waals surface area contributed by atoms with Crippen molar-refractivity contribution in [3.8, 4) is 0 Å². The van der Waals surface area contributed by atoms with E-state index < -0.39 is 15.7 Å². The standard InChI is InChI=1S/C19H21FN2O2S/c1-12-11-21-8-7-18-19(12)16-10-15(5-6-17(16)22-18)25(23,24)14-4-2-3-13(20)9-14/h2-6,9-10,12,18-19,21-22H,7-8,11H2,1H3/t12?,18-,19-/m0/s1. The fourth-order valence-corrected chi connectivity index (χ4v) is 5.39. The normalized spacial score (nSPS) is 25.6. The molecule has 4 rings (SSSR count). The summed E-state index contributed by atoms with van der Waals surface area (Å²) >= 11 is 0. The topological polar surface area (TPSA) is 58.2 Å². The number of hydrogen-bond donors (Lipinski definition) is 2. The van der Waals surface area contributed by atoms with Crippen LogP contribution in [0.15, 0.2) is 52.3 Å². The summed E-state index contributed by atoms with van der Waals surface area (Å²) < 4.78 is 39.3. The first kappa shape index (κ1) is 16.5. The SMILES string of the molecule is CC1CNCC[C@@H]2Nc3ccc(S(=O)(=O)c4cccc(F)c4)cc3[C@H]12. The molecule has 2 heterocycles. The molecule has 2 N–H and O–H groups in total. The Hall–Kier alpha value is -1.92. The molecule has 0 bridgehead atoms. The molecule has 1 unspecified atom stereocenters. The van der Waals surface area contributed by atoms with Gasteiger partial charge < -0.3 is 10.6 Å². The summed E-state index contributed by atoms with van der Waals surface area (Å²) in [5.74, 6) is 0.147. The number of benzene rings is 2. The molecule has 2 aromatic rings. The van der Waals surface area contributed by atoms with Crippen molar-refractivity contribution in [2.24, 2.45) is 5.92 Å². The first-order valence-corrected chi connectivity index (χ1v) is 10.1. The van der Waals surface area contributed by atoms with Crippen LogP contribution in [0.2, 0.25) is 0 Å². The van der Waals surface area contributed by atoms with Crippen molar-refractivity contribution < 1.29 is 12.8 Å². The summed E-state index contributed by atoms with van der Waals surface area (Å²) in [6.07, 6.45) is 1.01. The third-order valence-corrected chi connectivity index (χ3v) is 7.03. The Morgan fingerprint density at radius 1 is 1.12 bits per heavy atom. The van der Waals surface area contributed by atoms with Gasteiger partial charge in [0, 0.05) is 17.6 Å². The van der Waals surface area contributed by atoms with E-state index in [9.17, 15) is 12.8 Å². The molecule has 0 radical (unpaired) electrons. The van der Waals surface area contributed by atoms with E-state index in [2.05, 4.69) is 17.6 Å². The molecule has 2 aliphatic rings. The molecule has 0 amide bonds. The van der Waals surface area contributed by atoms with E-state index in [0.717, 1.165) is 36.8 Å². The molecule has 6 heteroatoms. The van der Waals surface area contributed by atoms with Gasteiger partial charge in [-0.2, -0.15) is 0 Å². The van der Waals surface area contributed by atoms with Crippen LogP contribution in [-0.4, -0.2) is 27.5 Å². The van der Waals surface area contributed by atoms with Crippen molar-refractivity contribution in [1.29, 1.82) is 0 Å². The molecule has 1 fully saturated rings. The van der Waals surface area contributed by atoms with Crippen LogP contribution >= 0.6 is 0 Å². The zero-order valence-corrected chi connectivity index (χ0v) is 14.8. The maximum absolute atomic E-state index is 13.5. The summed E-state index contributed by atoms with van der Waals surface area (Å²) in [6, 6.07) is 10.7. The molecular formula is C19H21FN2O2S. The highest BCUT2D eigenvalue weighted by Gasteiger charge is 2.37. The first-order chi connectivity index (χ1) is 12.0. The molecule has 0 spiro atoms. The number of halogens is 1. The molecule has 0 saturated carbocycles. The van der Waals surface area contributed by atoms with Crippen LogP contribution in [0.5, 0.6) is 0 Å². The van der Waals surface area contributed by atoms with Crippen LogP contribution in [-0.2, 0) is 9.84 Å². The Morgan fingerprint density at radius 3 is 2.72 bits per heavy atom. The molecule has 2 aliphatic heterocycles. The highest BCUT2D eigenvalue weighted by molar-refractivity contribution is 7.91. The quantitative estimate of drug-likeness (QED) is 0.864. The second kappa shape index (κ2) is 6.11. The Labute approximate surface area is 147 Å². The fraction of sp³-hybridized carbons (Fsp3) is 0.368. The molecule has 2 aromatic carbocycles. The van der Waals surface area contributed by atoms with Crippen LogP contribution in [0.1, 0.15) is 24.8 Å². The largest absolute Gasteiger partial charge is 0.381 e. The van der Waals surface area contributed by atoms with Gasteiger partial charge in [-0.1, -0.05) is 13.0 Å². The third kappa shape index (κ3) is 2.83. The third-order valence-electron chi connectivity index (χ3n) is 5.28. The van der Waals surface area contributed by atoms with Crippen molar-refractivity contribution in [3.05, 3.63) is 53.8 Å². The lowest BCUT2D eigenvalue weighted by molar-refractivity contribution is 0.443. The van der Waals surface area contributed by atoms with Gasteiger partial charge in [0.05, 0.1) is 9.79 Å². The summed E-state index contributed by atoms with van der Waals surface area (Å²) in [5, 5.41) is 6.97. The maximum Gasteiger partial charge on any atom is 0.206 e. The smallest absolute Gasteiger partial charge is 0.206 e. The lowest BCUT2D eigenvalue weighted by Crippen LogP contribution is -2.25. The zero-order chi connectivity index (χ0) is 17.6. The van der Waals surface area contributed by atoms with Crippen molar-refractivity contribution in [2.75, 3.05) is 18.4 Å². The summed E-state index contributed by atoms with van der Waals surface area (Å²) in [6.45, 7) is 4.07. The molecule has 132 valence electrons. The van der Waals surface area contributed by atoms with Gasteiger partial charge in [-0.25, -0.2) is 12.8 Å². The minimum Gasteiger partial charge on any atom is -0.381 e. The van der Waals surface area contributed by atoms with E-state index in [-0.39, 0.29) is 15.7 Å². The monoisotopic (exact) mass is 360 g/mol. The molecule has 4 nitrogen and oxygen atoms in total. The number of hydrogen-bond acceptors (Lipinski definition) is 4. The van der Waals surface area contributed by atoms with Gasteiger partial charge in [0.15, 0.2) is 0 Å². The molecule has 3 atom stereocenters. The Bertz CT molecular complexity index is 913. The predicted octanol–water partition coefficient (Wildman–Crippen LogP) is 3.17. The van der Waals surface area contributed by atoms with Gasteiger partial charge in [0.1, 0.15) is 5.82 Å². The van der Waals surface area contributed by atoms with Crippen LogP contribution in [0.3, 0.4) is 0 Å². The molecule has 1 saturated heterocycles. The van der Waals surface area contributed by atoms with Crippen LogP contribution in [0.25, 0.3) is 0 Å². The lowest BCUT2D eigenvalue weighted by atomic mass is 9.84. The van der Waals surface area contributed by atoms with Gasteiger partial charge in [-0.15, -0.1) is 0 Å². The summed E-state index contributed by atoms with van der Waals surface area (Å²) in [7, 11) is -3.73. The Balaban J connectivity index is 1.77. The average Bonchev–Trinajstić information content (AvgIpc) is 2.86. The number of anilines is 1. The Morgan fingerprint density at radius 2 is 1.92 bits per heavy atom. The Kier molecular flexibility index (Phi) is 4.04. The van der Waals surface area contributed by atoms with Gasteiger partial charge >= 0.3 is 0 Å². The van der Waals surface area contributed by atoms with Crippen molar-refractivity contribution in [1.82, 2.24) is 5.32 Å². The fourth-order valence-electron chi connectivity index (χ4n) is 4.06. The van der Waals surface area contributed by atoms with Gasteiger partial charge in [0.25, 0.3) is 0 Å². The number of rotatable bonds is 2. The van der Waals surface area contributed by atoms with Crippen molar-refractivity contribution >= 4 is 15.5 Å². The number of sulfone groups is 1. The first-order valence-electron chi connectivity index (χ1n) is 8.58. The summed E-state index contributed by atoms with van der Waals surface area (Å²) in [4.78, 5) is 0.217. The minimum atomic E-state index is -3.73. The number of nitrogens with one attached hydrogen (secondary N) is 2. The van der Waals surface area contributed by atoms with E-state index >= 15 is 0 Å². The van der Waals surface area contributed by atoms with Crippen LogP contribution < -0.4 is 10.6 Å². The molecule has 0 aromatic heterocycles. The van der Waals surface area contributed by atoms with Gasteiger partial charge in [-0.3, -0.25) is 0 Å². The lowest BCUT2D eigenvalue weighted by Gasteiger charge is -2.22. The molecular weight excluding hydrogens is 339 g/mol. The predicted molar refractivity (Wildman–Crippen MR) is 95.1 cm³/mol. The second-order valence-electron chi connectivity index (χ2n) is 6.96. The van der Waals surface area contributed by atoms with Crippen molar-refractivity contribution in [3.63, 3.8) is 0 Å². The number of fused-ring (bicyclic) bond motifs is 3. The minimum absolute atomic E-state index is 0.00876. The van der Waals surface area contributed by atoms with Crippen LogP contribution in [0.4, 0.5) is 10.1 Å². The van der Waals surface area contributed by atoms with Crippen molar-refractivity contribution in [2.45, 2.75) is 35.1 Å². The summed E-state index contributed by atoms with van der Waals surface area (Å²) in [5.41, 5.74) is 2.07. The van der Waals surface area contributed by atoms with E-state index in [4.69, 9.17) is 0 Å². The van der Waals surface area contributed by atoms with Gasteiger partial charge in [0.2, 0.25) is 9.84 Å². The molecule has 0 aliphatic carbocycles. The second-order valence-corrected chi connectivity index (χ2v) is 8.91. The van der Waals surface area contributed by atoms with E-state index in [1.54, 1.807) is 12.1 Å². The van der Waals surface area contributed by atoms with E-state index in [0.29, 0.717) is 12.0 Å². The van der Waals surface area contributed by atoms with Crippen LogP contribution in [0, 0.1) is 11.7 Å².